The van der Waals surface area contributed by atoms with Gasteiger partial charge < -0.3 is 4.52 Å². The second-order valence-corrected chi connectivity index (χ2v) is 8.49. The first-order valence-electron chi connectivity index (χ1n) is 9.48. The summed E-state index contributed by atoms with van der Waals surface area (Å²) in [6.45, 7) is 2.30. The van der Waals surface area contributed by atoms with Gasteiger partial charge in [0, 0.05) is 6.54 Å². The Morgan fingerprint density at radius 1 is 1.06 bits per heavy atom. The van der Waals surface area contributed by atoms with Crippen molar-refractivity contribution < 1.29 is 26.1 Å². The van der Waals surface area contributed by atoms with Crippen LogP contribution in [0, 0.1) is 0 Å². The maximum Gasteiger partial charge on any atom is 0.471 e. The fraction of sp³-hybridized carbons (Fsp3) is 0.238. The molecule has 0 atom stereocenters. The zero-order chi connectivity index (χ0) is 22.5. The summed E-state index contributed by atoms with van der Waals surface area (Å²) in [5, 5.41) is 3.25. The molecule has 0 N–H and O–H groups in total. The van der Waals surface area contributed by atoms with Crippen molar-refractivity contribution in [1.82, 2.24) is 10.1 Å². The van der Waals surface area contributed by atoms with Gasteiger partial charge in [-0.1, -0.05) is 54.9 Å². The fourth-order valence-corrected chi connectivity index (χ4v) is 4.34. The van der Waals surface area contributed by atoms with Crippen molar-refractivity contribution in [2.24, 2.45) is 0 Å². The Balaban J connectivity index is 1.89. The van der Waals surface area contributed by atoms with E-state index < -0.39 is 22.1 Å². The fourth-order valence-electron chi connectivity index (χ4n) is 2.78. The van der Waals surface area contributed by atoms with Gasteiger partial charge in [0.1, 0.15) is 0 Å². The highest BCUT2D eigenvalue weighted by Crippen LogP contribution is 2.28. The third-order valence-electron chi connectivity index (χ3n) is 4.31. The number of rotatable bonds is 8. The van der Waals surface area contributed by atoms with Gasteiger partial charge in [0.25, 0.3) is 10.0 Å². The van der Waals surface area contributed by atoms with E-state index in [-0.39, 0.29) is 10.7 Å². The Hall–Kier alpha value is -3.14. The van der Waals surface area contributed by atoms with E-state index in [4.69, 9.17) is 0 Å². The minimum Gasteiger partial charge on any atom is -0.329 e. The highest BCUT2D eigenvalue weighted by atomic mass is 32.2. The summed E-state index contributed by atoms with van der Waals surface area (Å²) in [6, 6.07) is 14.9. The maximum absolute atomic E-state index is 13.3. The molecule has 0 bridgehead atoms. The second kappa shape index (κ2) is 9.34. The summed E-state index contributed by atoms with van der Waals surface area (Å²) in [6.07, 6.45) is -0.578. The molecule has 2 aromatic carbocycles. The number of aromatic nitrogens is 2. The molecule has 0 unspecified atom stereocenters. The molecule has 0 aliphatic carbocycles. The van der Waals surface area contributed by atoms with E-state index >= 15 is 0 Å². The van der Waals surface area contributed by atoms with Crippen molar-refractivity contribution >= 4 is 27.9 Å². The molecule has 0 aliphatic heterocycles. The maximum atomic E-state index is 13.3. The Labute approximate surface area is 178 Å². The summed E-state index contributed by atoms with van der Waals surface area (Å²) in [5.74, 6) is -1.72. The monoisotopic (exact) mass is 451 g/mol. The third-order valence-corrected chi connectivity index (χ3v) is 6.14. The van der Waals surface area contributed by atoms with Gasteiger partial charge in [0.2, 0.25) is 0 Å². The van der Waals surface area contributed by atoms with Crippen LogP contribution in [0.5, 0.6) is 0 Å². The Kier molecular flexibility index (Phi) is 6.79. The van der Waals surface area contributed by atoms with Crippen LogP contribution in [0.1, 0.15) is 37.0 Å². The van der Waals surface area contributed by atoms with E-state index in [9.17, 15) is 21.6 Å². The molecule has 3 rings (SSSR count). The van der Waals surface area contributed by atoms with Gasteiger partial charge in [-0.05, 0) is 42.3 Å². The van der Waals surface area contributed by atoms with Crippen LogP contribution in [-0.4, -0.2) is 25.1 Å². The van der Waals surface area contributed by atoms with Crippen LogP contribution in [0.15, 0.2) is 64.0 Å². The number of hydrogen-bond donors (Lipinski definition) is 0. The van der Waals surface area contributed by atoms with Gasteiger partial charge in [0.15, 0.2) is 5.82 Å². The summed E-state index contributed by atoms with van der Waals surface area (Å²) in [4.78, 5) is 3.32. The molecule has 164 valence electrons. The highest BCUT2D eigenvalue weighted by Gasteiger charge is 2.38. The van der Waals surface area contributed by atoms with Crippen molar-refractivity contribution in [3.63, 3.8) is 0 Å². The highest BCUT2D eigenvalue weighted by molar-refractivity contribution is 7.92. The molecule has 6 nitrogen and oxygen atoms in total. The Morgan fingerprint density at radius 3 is 2.45 bits per heavy atom. The lowest BCUT2D eigenvalue weighted by Crippen LogP contribution is -2.32. The molecule has 3 aromatic rings. The van der Waals surface area contributed by atoms with Crippen molar-refractivity contribution in [2.45, 2.75) is 30.8 Å². The predicted octanol–water partition coefficient (Wildman–Crippen LogP) is 5.25. The zero-order valence-corrected chi connectivity index (χ0v) is 17.4. The van der Waals surface area contributed by atoms with Gasteiger partial charge in [0.05, 0.1) is 10.6 Å². The molecule has 1 aromatic heterocycles. The summed E-state index contributed by atoms with van der Waals surface area (Å²) in [5.41, 5.74) is 1.02. The first-order valence-corrected chi connectivity index (χ1v) is 10.9. The number of nitrogens with zero attached hydrogens (tertiary/aromatic N) is 3. The van der Waals surface area contributed by atoms with Crippen molar-refractivity contribution in [1.29, 1.82) is 0 Å². The van der Waals surface area contributed by atoms with Gasteiger partial charge in [-0.2, -0.15) is 18.2 Å². The van der Waals surface area contributed by atoms with E-state index in [1.54, 1.807) is 36.4 Å². The first kappa shape index (κ1) is 22.5. The van der Waals surface area contributed by atoms with Crippen molar-refractivity contribution in [3.05, 3.63) is 71.9 Å². The Bertz CT molecular complexity index is 1140. The van der Waals surface area contributed by atoms with Crippen molar-refractivity contribution in [3.8, 4) is 0 Å². The van der Waals surface area contributed by atoms with E-state index in [2.05, 4.69) is 14.7 Å². The number of anilines is 1. The summed E-state index contributed by atoms with van der Waals surface area (Å²) in [7, 11) is -3.85. The normalized spacial score (nSPS) is 12.4. The smallest absolute Gasteiger partial charge is 0.329 e. The topological polar surface area (TPSA) is 76.3 Å². The van der Waals surface area contributed by atoms with Crippen LogP contribution in [0.3, 0.4) is 0 Å². The van der Waals surface area contributed by atoms with Crippen LogP contribution in [-0.2, 0) is 16.2 Å². The Morgan fingerprint density at radius 2 is 1.81 bits per heavy atom. The number of alkyl halides is 3. The van der Waals surface area contributed by atoms with Crippen LogP contribution >= 0.6 is 0 Å². The van der Waals surface area contributed by atoms with Crippen LogP contribution in [0.25, 0.3) is 12.2 Å². The van der Waals surface area contributed by atoms with E-state index in [0.717, 1.165) is 6.42 Å². The average molecular weight is 451 g/mol. The number of sulfonamides is 1. The quantitative estimate of drug-likeness (QED) is 0.467. The first-order chi connectivity index (χ1) is 14.7. The van der Waals surface area contributed by atoms with Crippen molar-refractivity contribution in [2.75, 3.05) is 10.8 Å². The molecule has 0 spiro atoms. The largest absolute Gasteiger partial charge is 0.471 e. The molecule has 0 saturated carbocycles. The molecule has 10 heteroatoms. The molecule has 0 saturated heterocycles. The van der Waals surface area contributed by atoms with E-state index in [0.29, 0.717) is 24.2 Å². The molecule has 0 fully saturated rings. The number of para-hydroxylation sites is 1. The number of unbranched alkanes of at least 4 members (excludes halogenated alkanes) is 1. The zero-order valence-electron chi connectivity index (χ0n) is 16.6. The lowest BCUT2D eigenvalue weighted by molar-refractivity contribution is -0.159. The molecule has 31 heavy (non-hydrogen) atoms. The minimum absolute atomic E-state index is 0.0682. The van der Waals surface area contributed by atoms with Crippen LogP contribution in [0.4, 0.5) is 18.9 Å². The summed E-state index contributed by atoms with van der Waals surface area (Å²) < 4.78 is 69.8. The molecular formula is C21H20F3N3O3S. The molecule has 1 heterocycles. The average Bonchev–Trinajstić information content (AvgIpc) is 3.23. The second-order valence-electron chi connectivity index (χ2n) is 6.63. The van der Waals surface area contributed by atoms with E-state index in [1.165, 1.54) is 28.6 Å². The van der Waals surface area contributed by atoms with Crippen LogP contribution < -0.4 is 4.31 Å². The molecule has 0 radical (unpaired) electrons. The van der Waals surface area contributed by atoms with Gasteiger partial charge >= 0.3 is 12.1 Å². The van der Waals surface area contributed by atoms with Gasteiger partial charge in [-0.25, -0.2) is 8.42 Å². The SMILES string of the molecule is CCCCN(c1ccccc1)S(=O)(=O)c1cccc(/C=C/c2noc(C(F)(F)F)n2)c1. The minimum atomic E-state index is -4.73. The number of benzene rings is 2. The third kappa shape index (κ3) is 5.52. The lowest BCUT2D eigenvalue weighted by atomic mass is 10.2. The molecule has 0 aliphatic rings. The lowest BCUT2D eigenvalue weighted by Gasteiger charge is -2.24. The summed E-state index contributed by atoms with van der Waals surface area (Å²) >= 11 is 0. The molecule has 0 amide bonds. The standard InChI is InChI=1S/C21H20F3N3O3S/c1-2-3-14-27(17-9-5-4-6-10-17)31(28,29)18-11-7-8-16(15-18)12-13-19-25-20(30-26-19)21(22,23)24/h4-13,15H,2-3,14H2,1H3/b13-12+. The van der Waals surface area contributed by atoms with E-state index in [1.807, 2.05) is 13.0 Å². The van der Waals surface area contributed by atoms with Gasteiger partial charge in [-0.15, -0.1) is 0 Å². The van der Waals surface area contributed by atoms with Gasteiger partial charge in [-0.3, -0.25) is 4.31 Å². The van der Waals surface area contributed by atoms with Crippen LogP contribution in [0.2, 0.25) is 0 Å². The predicted molar refractivity (Wildman–Crippen MR) is 111 cm³/mol. The number of hydrogen-bond acceptors (Lipinski definition) is 5. The molecular weight excluding hydrogens is 431 g/mol. The number of halogens is 3.